The molecule has 2 rings (SSSR count). The molecule has 18 heavy (non-hydrogen) atoms. The first-order valence-corrected chi connectivity index (χ1v) is 8.49. The summed E-state index contributed by atoms with van der Waals surface area (Å²) in [5.74, 6) is 1.49. The second-order valence-corrected chi connectivity index (χ2v) is 6.87. The van der Waals surface area contributed by atoms with Crippen LogP contribution in [-0.4, -0.2) is 47.5 Å². The molecule has 2 fully saturated rings. The minimum Gasteiger partial charge on any atom is -0.342 e. The average Bonchev–Trinajstić information content (AvgIpc) is 2.92. The highest BCUT2D eigenvalue weighted by Gasteiger charge is 2.26. The molecule has 1 N–H and O–H groups in total. The summed E-state index contributed by atoms with van der Waals surface area (Å²) in [5.41, 5.74) is 0. The van der Waals surface area contributed by atoms with Crippen LogP contribution in [0.25, 0.3) is 0 Å². The van der Waals surface area contributed by atoms with Gasteiger partial charge < -0.3 is 10.2 Å². The molecule has 0 aromatic rings. The van der Waals surface area contributed by atoms with E-state index in [1.54, 1.807) is 0 Å². The molecule has 0 radical (unpaired) electrons. The average molecular weight is 270 g/mol. The maximum atomic E-state index is 12.0. The summed E-state index contributed by atoms with van der Waals surface area (Å²) in [6.45, 7) is 4.72. The van der Waals surface area contributed by atoms with Crippen LogP contribution < -0.4 is 5.32 Å². The summed E-state index contributed by atoms with van der Waals surface area (Å²) in [6, 6.07) is 0.551. The topological polar surface area (TPSA) is 32.3 Å². The number of carbonyl (C=O) groups is 1. The number of likely N-dealkylation sites (tertiary alicyclic amines) is 1. The third-order valence-corrected chi connectivity index (χ3v) is 5.38. The molecule has 1 aliphatic heterocycles. The van der Waals surface area contributed by atoms with Crippen molar-refractivity contribution in [2.24, 2.45) is 0 Å². The highest BCUT2D eigenvalue weighted by molar-refractivity contribution is 7.99. The summed E-state index contributed by atoms with van der Waals surface area (Å²) in [7, 11) is 0. The van der Waals surface area contributed by atoms with Gasteiger partial charge in [-0.15, -0.1) is 0 Å². The minimum atomic E-state index is 0.304. The lowest BCUT2D eigenvalue weighted by Gasteiger charge is -2.32. The molecule has 104 valence electrons. The van der Waals surface area contributed by atoms with Crippen LogP contribution in [-0.2, 0) is 4.79 Å². The van der Waals surface area contributed by atoms with Crippen LogP contribution in [0.3, 0.4) is 0 Å². The predicted octanol–water partition coefficient (Wildman–Crippen LogP) is 2.26. The molecular formula is C14H26N2OS. The van der Waals surface area contributed by atoms with Crippen molar-refractivity contribution < 1.29 is 4.79 Å². The number of nitrogens with zero attached hydrogens (tertiary/aromatic N) is 1. The normalized spacial score (nSPS) is 28.6. The Morgan fingerprint density at radius 1 is 1.22 bits per heavy atom. The lowest BCUT2D eigenvalue weighted by atomic mass is 9.95. The van der Waals surface area contributed by atoms with E-state index < -0.39 is 0 Å². The van der Waals surface area contributed by atoms with E-state index in [2.05, 4.69) is 24.0 Å². The fraction of sp³-hybridized carbons (Fsp3) is 0.929. The van der Waals surface area contributed by atoms with E-state index in [-0.39, 0.29) is 0 Å². The molecule has 0 aromatic heterocycles. The first-order chi connectivity index (χ1) is 8.81. The molecule has 1 heterocycles. The van der Waals surface area contributed by atoms with E-state index in [1.165, 1.54) is 44.3 Å². The molecular weight excluding hydrogens is 244 g/mol. The van der Waals surface area contributed by atoms with Crippen molar-refractivity contribution in [1.29, 1.82) is 0 Å². The highest BCUT2D eigenvalue weighted by atomic mass is 32.2. The molecule has 0 spiro atoms. The molecule has 1 saturated carbocycles. The van der Waals surface area contributed by atoms with Gasteiger partial charge in [-0.25, -0.2) is 0 Å². The maximum Gasteiger partial charge on any atom is 0.236 e. The standard InChI is InChI=1S/C14H26N2OS/c1-2-18-13-8-4-3-7-12(13)15-11-14(17)16-9-5-6-10-16/h12-13,15H,2-11H2,1H3/t12-,13-/m1/s1. The molecule has 2 atom stereocenters. The van der Waals surface area contributed by atoms with Crippen molar-refractivity contribution in [3.05, 3.63) is 0 Å². The molecule has 1 amide bonds. The third-order valence-electron chi connectivity index (χ3n) is 4.06. The zero-order chi connectivity index (χ0) is 12.8. The Balaban J connectivity index is 1.74. The molecule has 3 nitrogen and oxygen atoms in total. The van der Waals surface area contributed by atoms with Crippen molar-refractivity contribution in [2.75, 3.05) is 25.4 Å². The van der Waals surface area contributed by atoms with E-state index in [0.29, 0.717) is 18.5 Å². The van der Waals surface area contributed by atoms with Gasteiger partial charge in [0.2, 0.25) is 5.91 Å². The number of thioether (sulfide) groups is 1. The molecule has 0 aromatic carbocycles. The summed E-state index contributed by atoms with van der Waals surface area (Å²) < 4.78 is 0. The molecule has 0 bridgehead atoms. The smallest absolute Gasteiger partial charge is 0.236 e. The lowest BCUT2D eigenvalue weighted by Crippen LogP contribution is -2.46. The van der Waals surface area contributed by atoms with Crippen molar-refractivity contribution >= 4 is 17.7 Å². The molecule has 1 saturated heterocycles. The number of carbonyl (C=O) groups excluding carboxylic acids is 1. The number of amides is 1. The van der Waals surface area contributed by atoms with Gasteiger partial charge in [-0.05, 0) is 31.4 Å². The molecule has 4 heteroatoms. The summed E-state index contributed by atoms with van der Waals surface area (Å²) in [4.78, 5) is 14.0. The van der Waals surface area contributed by atoms with Crippen LogP contribution >= 0.6 is 11.8 Å². The van der Waals surface area contributed by atoms with Gasteiger partial charge in [-0.3, -0.25) is 4.79 Å². The van der Waals surface area contributed by atoms with Crippen molar-refractivity contribution in [1.82, 2.24) is 10.2 Å². The summed E-state index contributed by atoms with van der Waals surface area (Å²) in [6.07, 6.45) is 7.60. The molecule has 0 unspecified atom stereocenters. The highest BCUT2D eigenvalue weighted by Crippen LogP contribution is 2.28. The Kier molecular flexibility index (Phi) is 5.83. The summed E-state index contributed by atoms with van der Waals surface area (Å²) >= 11 is 2.06. The zero-order valence-corrected chi connectivity index (χ0v) is 12.3. The van der Waals surface area contributed by atoms with E-state index in [9.17, 15) is 4.79 Å². The van der Waals surface area contributed by atoms with Crippen LogP contribution in [0.1, 0.15) is 45.4 Å². The maximum absolute atomic E-state index is 12.0. The van der Waals surface area contributed by atoms with Gasteiger partial charge in [0.25, 0.3) is 0 Å². The van der Waals surface area contributed by atoms with E-state index in [4.69, 9.17) is 0 Å². The van der Waals surface area contributed by atoms with Gasteiger partial charge >= 0.3 is 0 Å². The minimum absolute atomic E-state index is 0.304. The van der Waals surface area contributed by atoms with E-state index in [1.807, 2.05) is 4.90 Å². The number of rotatable bonds is 5. The van der Waals surface area contributed by atoms with Gasteiger partial charge in [0, 0.05) is 24.4 Å². The monoisotopic (exact) mass is 270 g/mol. The van der Waals surface area contributed by atoms with Gasteiger partial charge in [-0.2, -0.15) is 11.8 Å². The first kappa shape index (κ1) is 14.2. The van der Waals surface area contributed by atoms with Crippen molar-refractivity contribution in [3.63, 3.8) is 0 Å². The van der Waals surface area contributed by atoms with Crippen LogP contribution in [0.4, 0.5) is 0 Å². The van der Waals surface area contributed by atoms with Crippen LogP contribution in [0.2, 0.25) is 0 Å². The number of nitrogens with one attached hydrogen (secondary N) is 1. The molecule has 1 aliphatic carbocycles. The molecule has 2 aliphatic rings. The van der Waals surface area contributed by atoms with Crippen molar-refractivity contribution in [3.8, 4) is 0 Å². The Hall–Kier alpha value is -0.220. The van der Waals surface area contributed by atoms with E-state index in [0.717, 1.165) is 18.3 Å². The van der Waals surface area contributed by atoms with Crippen LogP contribution in [0.5, 0.6) is 0 Å². The summed E-state index contributed by atoms with van der Waals surface area (Å²) in [5, 5.41) is 4.24. The Morgan fingerprint density at radius 3 is 2.67 bits per heavy atom. The van der Waals surface area contributed by atoms with Gasteiger partial charge in [0.15, 0.2) is 0 Å². The Labute approximate surface area is 115 Å². The predicted molar refractivity (Wildman–Crippen MR) is 78.0 cm³/mol. The number of hydrogen-bond acceptors (Lipinski definition) is 3. The van der Waals surface area contributed by atoms with Crippen molar-refractivity contribution in [2.45, 2.75) is 56.7 Å². The zero-order valence-electron chi connectivity index (χ0n) is 11.5. The van der Waals surface area contributed by atoms with Crippen LogP contribution in [0, 0.1) is 0 Å². The van der Waals surface area contributed by atoms with Gasteiger partial charge in [-0.1, -0.05) is 19.8 Å². The second-order valence-electron chi connectivity index (χ2n) is 5.35. The van der Waals surface area contributed by atoms with E-state index >= 15 is 0 Å². The Morgan fingerprint density at radius 2 is 1.94 bits per heavy atom. The van der Waals surface area contributed by atoms with Gasteiger partial charge in [0.05, 0.1) is 6.54 Å². The largest absolute Gasteiger partial charge is 0.342 e. The first-order valence-electron chi connectivity index (χ1n) is 7.44. The lowest BCUT2D eigenvalue weighted by molar-refractivity contribution is -0.129. The Bertz CT molecular complexity index is 265. The third kappa shape index (κ3) is 3.89. The number of hydrogen-bond donors (Lipinski definition) is 1. The fourth-order valence-corrected chi connectivity index (χ4v) is 4.27. The second kappa shape index (κ2) is 7.39. The quantitative estimate of drug-likeness (QED) is 0.832. The SMILES string of the molecule is CCS[C@@H]1CCCC[C@H]1NCC(=O)N1CCCC1. The van der Waals surface area contributed by atoms with Crippen LogP contribution in [0.15, 0.2) is 0 Å². The fourth-order valence-electron chi connectivity index (χ4n) is 3.04. The van der Waals surface area contributed by atoms with Gasteiger partial charge in [0.1, 0.15) is 0 Å².